The summed E-state index contributed by atoms with van der Waals surface area (Å²) in [6.07, 6.45) is 0. The average molecular weight is 302 g/mol. The zero-order chi connectivity index (χ0) is 15.9. The quantitative estimate of drug-likeness (QED) is 0.413. The Morgan fingerprint density at radius 2 is 2.00 bits per heavy atom. The van der Waals surface area contributed by atoms with E-state index in [9.17, 15) is 9.59 Å². The fourth-order valence-electron chi connectivity index (χ4n) is 2.49. The van der Waals surface area contributed by atoms with E-state index in [1.807, 2.05) is 6.07 Å². The molecule has 0 radical (unpaired) electrons. The summed E-state index contributed by atoms with van der Waals surface area (Å²) in [4.78, 5) is 28.1. The Balaban J connectivity index is 2.14. The number of rotatable bonds is 2. The number of carbonyl (C=O) groups is 2. The van der Waals surface area contributed by atoms with Crippen molar-refractivity contribution < 1.29 is 14.3 Å². The number of esters is 1. The summed E-state index contributed by atoms with van der Waals surface area (Å²) >= 11 is 0. The van der Waals surface area contributed by atoms with Crippen molar-refractivity contribution in [1.82, 2.24) is 10.0 Å². The summed E-state index contributed by atoms with van der Waals surface area (Å²) in [7, 11) is 1.22. The number of benzene rings is 1. The number of aliphatic imine (C=N–C) groups is 1. The first-order chi connectivity index (χ1) is 10.5. The van der Waals surface area contributed by atoms with Gasteiger partial charge < -0.3 is 10.5 Å². The van der Waals surface area contributed by atoms with Crippen LogP contribution in [0.2, 0.25) is 0 Å². The number of hydrogen-bond donors (Lipinski definition) is 2. The van der Waals surface area contributed by atoms with Crippen LogP contribution in [-0.2, 0) is 14.3 Å². The molecule has 0 saturated carbocycles. The summed E-state index contributed by atoms with van der Waals surface area (Å²) in [5.41, 5.74) is 6.38. The minimum atomic E-state index is -1.14. The van der Waals surface area contributed by atoms with Gasteiger partial charge in [0.25, 0.3) is 5.91 Å². The van der Waals surface area contributed by atoms with E-state index in [0.29, 0.717) is 5.56 Å². The molecule has 0 saturated heterocycles. The second-order valence-electron chi connectivity index (χ2n) is 4.78. The third-order valence-electron chi connectivity index (χ3n) is 3.53. The van der Waals surface area contributed by atoms with Gasteiger partial charge in [-0.1, -0.05) is 30.3 Å². The third-order valence-corrected chi connectivity index (χ3v) is 3.53. The van der Waals surface area contributed by atoms with Crippen LogP contribution >= 0.6 is 0 Å². The molecule has 0 spiro atoms. The van der Waals surface area contributed by atoms with Gasteiger partial charge in [0.15, 0.2) is 5.92 Å². The molecule has 4 N–H and O–H groups in total. The van der Waals surface area contributed by atoms with Crippen LogP contribution in [0.4, 0.5) is 0 Å². The molecule has 0 bridgehead atoms. The normalized spacial score (nSPS) is 23.8. The Kier molecular flexibility index (Phi) is 3.26. The fourth-order valence-corrected chi connectivity index (χ4v) is 2.49. The molecule has 1 aromatic carbocycles. The predicted octanol–water partition coefficient (Wildman–Crippen LogP) is -0.866. The lowest BCUT2D eigenvalue weighted by Gasteiger charge is -2.34. The second kappa shape index (κ2) is 5.11. The van der Waals surface area contributed by atoms with Gasteiger partial charge in [-0.25, -0.2) is 15.9 Å². The lowest BCUT2D eigenvalue weighted by Crippen LogP contribution is -2.51. The van der Waals surface area contributed by atoms with E-state index in [2.05, 4.69) is 10.1 Å². The topological polar surface area (TPSA) is 127 Å². The van der Waals surface area contributed by atoms with Crippen molar-refractivity contribution >= 4 is 23.8 Å². The first-order valence-corrected chi connectivity index (χ1v) is 6.48. The van der Waals surface area contributed by atoms with Crippen LogP contribution in [-0.4, -0.2) is 40.9 Å². The Labute approximate surface area is 125 Å². The number of amides is 1. The number of hydrazone groups is 1. The second-order valence-corrected chi connectivity index (χ2v) is 4.78. The highest BCUT2D eigenvalue weighted by atomic mass is 16.5. The van der Waals surface area contributed by atoms with Gasteiger partial charge in [0.2, 0.25) is 11.9 Å². The summed E-state index contributed by atoms with van der Waals surface area (Å²) in [5, 5.41) is 6.46. The number of fused-ring (bicyclic) bond motifs is 1. The van der Waals surface area contributed by atoms with Crippen molar-refractivity contribution in [2.75, 3.05) is 7.11 Å². The number of nitrogens with two attached hydrogens (primary N) is 2. The van der Waals surface area contributed by atoms with E-state index in [0.717, 1.165) is 5.01 Å². The Bertz CT molecular complexity index is 686. The van der Waals surface area contributed by atoms with Gasteiger partial charge in [0, 0.05) is 0 Å². The van der Waals surface area contributed by atoms with Gasteiger partial charge >= 0.3 is 5.97 Å². The van der Waals surface area contributed by atoms with Crippen LogP contribution in [0.3, 0.4) is 0 Å². The monoisotopic (exact) mass is 302 g/mol. The van der Waals surface area contributed by atoms with Crippen LogP contribution in [0.25, 0.3) is 0 Å². The zero-order valence-electron chi connectivity index (χ0n) is 11.7. The molecule has 114 valence electrons. The molecule has 22 heavy (non-hydrogen) atoms. The van der Waals surface area contributed by atoms with Crippen molar-refractivity contribution in [3.63, 3.8) is 0 Å². The minimum Gasteiger partial charge on any atom is -0.468 e. The molecule has 2 unspecified atom stereocenters. The van der Waals surface area contributed by atoms with E-state index in [1.165, 1.54) is 12.1 Å². The molecule has 9 nitrogen and oxygen atoms in total. The van der Waals surface area contributed by atoms with Crippen LogP contribution in [0.1, 0.15) is 11.6 Å². The first kappa shape index (κ1) is 14.0. The summed E-state index contributed by atoms with van der Waals surface area (Å²) in [6.45, 7) is 0. The number of hydrogen-bond acceptors (Lipinski definition) is 8. The molecule has 2 aliphatic heterocycles. The Morgan fingerprint density at radius 3 is 2.64 bits per heavy atom. The molecule has 2 aliphatic rings. The van der Waals surface area contributed by atoms with E-state index in [1.54, 1.807) is 24.3 Å². The number of nitrogens with zero attached hydrogens (tertiary/aromatic N) is 4. The van der Waals surface area contributed by atoms with E-state index in [-0.39, 0.29) is 11.9 Å². The summed E-state index contributed by atoms with van der Waals surface area (Å²) < 4.78 is 4.73. The van der Waals surface area contributed by atoms with Gasteiger partial charge in [0.1, 0.15) is 6.04 Å². The largest absolute Gasteiger partial charge is 0.468 e. The predicted molar refractivity (Wildman–Crippen MR) is 76.6 cm³/mol. The number of guanidine groups is 2. The van der Waals surface area contributed by atoms with Crippen molar-refractivity contribution in [1.29, 1.82) is 0 Å². The molecule has 2 heterocycles. The van der Waals surface area contributed by atoms with Crippen molar-refractivity contribution in [2.24, 2.45) is 27.6 Å². The highest BCUT2D eigenvalue weighted by molar-refractivity contribution is 6.11. The molecule has 0 aromatic heterocycles. The Morgan fingerprint density at radius 1 is 1.32 bits per heavy atom. The van der Waals surface area contributed by atoms with E-state index < -0.39 is 23.8 Å². The van der Waals surface area contributed by atoms with Crippen molar-refractivity contribution in [2.45, 2.75) is 6.04 Å². The smallest absolute Gasteiger partial charge is 0.320 e. The van der Waals surface area contributed by atoms with E-state index >= 15 is 0 Å². The fraction of sp³-hybridized carbons (Fsp3) is 0.231. The zero-order valence-corrected chi connectivity index (χ0v) is 11.7. The SMILES string of the molecule is COC(=O)C1C(=O)N=C2N(N)C(N)=NN2C1c1ccccc1. The number of ether oxygens (including phenoxy) is 1. The average Bonchev–Trinajstić information content (AvgIpc) is 2.81. The van der Waals surface area contributed by atoms with Gasteiger partial charge in [-0.3, -0.25) is 9.59 Å². The molecule has 1 amide bonds. The van der Waals surface area contributed by atoms with E-state index in [4.69, 9.17) is 16.3 Å². The maximum Gasteiger partial charge on any atom is 0.320 e. The number of carbonyl (C=O) groups excluding carboxylic acids is 2. The molecule has 2 atom stereocenters. The molecule has 3 rings (SSSR count). The molecular weight excluding hydrogens is 288 g/mol. The molecule has 0 aliphatic carbocycles. The minimum absolute atomic E-state index is 0.0157. The Hall–Kier alpha value is -2.94. The maximum absolute atomic E-state index is 12.3. The number of hydrazine groups is 1. The summed E-state index contributed by atoms with van der Waals surface area (Å²) in [6, 6.07) is 8.25. The van der Waals surface area contributed by atoms with Crippen molar-refractivity contribution in [3.8, 4) is 0 Å². The molecule has 0 fully saturated rings. The van der Waals surface area contributed by atoms with Gasteiger partial charge in [-0.2, -0.15) is 4.99 Å². The molecule has 1 aromatic rings. The van der Waals surface area contributed by atoms with Crippen LogP contribution in [0, 0.1) is 5.92 Å². The maximum atomic E-state index is 12.3. The van der Waals surface area contributed by atoms with Gasteiger partial charge in [0.05, 0.1) is 7.11 Å². The van der Waals surface area contributed by atoms with Gasteiger partial charge in [-0.15, -0.1) is 5.10 Å². The summed E-state index contributed by atoms with van der Waals surface area (Å²) in [5.74, 6) is 3.32. The van der Waals surface area contributed by atoms with Crippen LogP contribution in [0.15, 0.2) is 40.4 Å². The molecular formula is C13H14N6O3. The third kappa shape index (κ3) is 1.99. The first-order valence-electron chi connectivity index (χ1n) is 6.48. The van der Waals surface area contributed by atoms with Crippen LogP contribution < -0.4 is 11.6 Å². The lowest BCUT2D eigenvalue weighted by atomic mass is 9.90. The van der Waals surface area contributed by atoms with Gasteiger partial charge in [-0.05, 0) is 5.56 Å². The highest BCUT2D eigenvalue weighted by Crippen LogP contribution is 2.36. The number of methoxy groups -OCH3 is 1. The van der Waals surface area contributed by atoms with Crippen molar-refractivity contribution in [3.05, 3.63) is 35.9 Å². The highest BCUT2D eigenvalue weighted by Gasteiger charge is 2.49. The lowest BCUT2D eigenvalue weighted by molar-refractivity contribution is -0.152. The van der Waals surface area contributed by atoms with Crippen LogP contribution in [0.5, 0.6) is 0 Å². The standard InChI is InChI=1S/C13H14N6O3/c1-22-11(21)8-9(7-5-3-2-4-6-7)19-13(16-10(8)20)18(15)12(14)17-19/h2-6,8-9H,15H2,1H3,(H2,14,17). The molecule has 9 heteroatoms.